The SMILES string of the molecule is COc1ccccc1CNC(=S)Nc1ccc(S(=O)(=O)N(C)C)cc1. The van der Waals surface area contributed by atoms with Gasteiger partial charge in [0.25, 0.3) is 0 Å². The largest absolute Gasteiger partial charge is 0.496 e. The highest BCUT2D eigenvalue weighted by molar-refractivity contribution is 7.89. The highest BCUT2D eigenvalue weighted by Gasteiger charge is 2.16. The number of sulfonamides is 1. The van der Waals surface area contributed by atoms with Gasteiger partial charge >= 0.3 is 0 Å². The maximum Gasteiger partial charge on any atom is 0.242 e. The molecule has 0 aromatic heterocycles. The Hall–Kier alpha value is -2.16. The van der Waals surface area contributed by atoms with E-state index in [1.807, 2.05) is 24.3 Å². The molecular weight excluding hydrogens is 358 g/mol. The first-order chi connectivity index (χ1) is 11.8. The van der Waals surface area contributed by atoms with Crippen molar-refractivity contribution in [3.63, 3.8) is 0 Å². The summed E-state index contributed by atoms with van der Waals surface area (Å²) in [5, 5.41) is 6.57. The Morgan fingerprint density at radius 2 is 1.76 bits per heavy atom. The topological polar surface area (TPSA) is 70.7 Å². The van der Waals surface area contributed by atoms with Crippen LogP contribution in [-0.4, -0.2) is 39.0 Å². The quantitative estimate of drug-likeness (QED) is 0.751. The van der Waals surface area contributed by atoms with Crippen LogP contribution >= 0.6 is 12.2 Å². The predicted octanol–water partition coefficient (Wildman–Crippen LogP) is 2.43. The molecule has 2 aromatic rings. The molecular formula is C17H21N3O3S2. The van der Waals surface area contributed by atoms with E-state index in [1.165, 1.54) is 18.4 Å². The Balaban J connectivity index is 1.97. The van der Waals surface area contributed by atoms with Crippen molar-refractivity contribution in [2.24, 2.45) is 0 Å². The van der Waals surface area contributed by atoms with E-state index >= 15 is 0 Å². The lowest BCUT2D eigenvalue weighted by Crippen LogP contribution is -2.28. The van der Waals surface area contributed by atoms with Crippen molar-refractivity contribution in [3.05, 3.63) is 54.1 Å². The van der Waals surface area contributed by atoms with Crippen molar-refractivity contribution in [1.29, 1.82) is 0 Å². The minimum absolute atomic E-state index is 0.232. The van der Waals surface area contributed by atoms with E-state index in [-0.39, 0.29) is 4.90 Å². The fraction of sp³-hybridized carbons (Fsp3) is 0.235. The number of hydrogen-bond donors (Lipinski definition) is 2. The third kappa shape index (κ3) is 4.91. The number of nitrogens with zero attached hydrogens (tertiary/aromatic N) is 1. The fourth-order valence-corrected chi connectivity index (χ4v) is 3.21. The van der Waals surface area contributed by atoms with E-state index in [0.717, 1.165) is 11.3 Å². The van der Waals surface area contributed by atoms with Crippen LogP contribution < -0.4 is 15.4 Å². The van der Waals surface area contributed by atoms with Gasteiger partial charge in [0, 0.05) is 31.9 Å². The summed E-state index contributed by atoms with van der Waals surface area (Å²) in [6.45, 7) is 0.517. The molecule has 6 nitrogen and oxygen atoms in total. The van der Waals surface area contributed by atoms with Gasteiger partial charge in [-0.25, -0.2) is 12.7 Å². The number of anilines is 1. The van der Waals surface area contributed by atoms with Gasteiger partial charge < -0.3 is 15.4 Å². The second-order valence-corrected chi connectivity index (χ2v) is 7.99. The van der Waals surface area contributed by atoms with Crippen LogP contribution in [0.3, 0.4) is 0 Å². The lowest BCUT2D eigenvalue weighted by molar-refractivity contribution is 0.409. The summed E-state index contributed by atoms with van der Waals surface area (Å²) < 4.78 is 30.6. The second kappa shape index (κ2) is 8.28. The molecule has 0 aliphatic carbocycles. The molecule has 0 spiro atoms. The van der Waals surface area contributed by atoms with Crippen molar-refractivity contribution >= 4 is 33.0 Å². The van der Waals surface area contributed by atoms with E-state index in [0.29, 0.717) is 17.3 Å². The van der Waals surface area contributed by atoms with Crippen LogP contribution in [0.2, 0.25) is 0 Å². The minimum atomic E-state index is -3.43. The summed E-state index contributed by atoms with van der Waals surface area (Å²) in [7, 11) is 1.19. The smallest absolute Gasteiger partial charge is 0.242 e. The molecule has 0 bridgehead atoms. The fourth-order valence-electron chi connectivity index (χ4n) is 2.12. The van der Waals surface area contributed by atoms with Crippen LogP contribution in [0, 0.1) is 0 Å². The summed E-state index contributed by atoms with van der Waals surface area (Å²) in [6.07, 6.45) is 0. The number of methoxy groups -OCH3 is 1. The van der Waals surface area contributed by atoms with Gasteiger partial charge in [-0.1, -0.05) is 18.2 Å². The molecule has 2 rings (SSSR count). The monoisotopic (exact) mass is 379 g/mol. The number of para-hydroxylation sites is 1. The zero-order chi connectivity index (χ0) is 18.4. The van der Waals surface area contributed by atoms with E-state index in [4.69, 9.17) is 17.0 Å². The van der Waals surface area contributed by atoms with Gasteiger partial charge in [0.1, 0.15) is 5.75 Å². The maximum atomic E-state index is 12.0. The first kappa shape index (κ1) is 19.2. The van der Waals surface area contributed by atoms with Crippen molar-refractivity contribution in [3.8, 4) is 5.75 Å². The standard InChI is InChI=1S/C17H21N3O3S2/c1-20(2)25(21,22)15-10-8-14(9-11-15)19-17(24)18-12-13-6-4-5-7-16(13)23-3/h4-11H,12H2,1-3H3,(H2,18,19,24). The molecule has 2 N–H and O–H groups in total. The van der Waals surface area contributed by atoms with Crippen LogP contribution in [0.15, 0.2) is 53.4 Å². The molecule has 0 saturated heterocycles. The molecule has 0 aliphatic rings. The lowest BCUT2D eigenvalue weighted by Gasteiger charge is -2.14. The van der Waals surface area contributed by atoms with E-state index in [1.54, 1.807) is 31.4 Å². The minimum Gasteiger partial charge on any atom is -0.496 e. The molecule has 25 heavy (non-hydrogen) atoms. The molecule has 0 unspecified atom stereocenters. The predicted molar refractivity (Wildman–Crippen MR) is 103 cm³/mol. The van der Waals surface area contributed by atoms with Crippen LogP contribution in [0.25, 0.3) is 0 Å². The van der Waals surface area contributed by atoms with Crippen LogP contribution in [0.4, 0.5) is 5.69 Å². The number of benzene rings is 2. The highest BCUT2D eigenvalue weighted by Crippen LogP contribution is 2.18. The highest BCUT2D eigenvalue weighted by atomic mass is 32.2. The third-order valence-electron chi connectivity index (χ3n) is 3.52. The molecule has 0 fully saturated rings. The first-order valence-corrected chi connectivity index (χ1v) is 9.39. The van der Waals surface area contributed by atoms with Gasteiger partial charge in [-0.3, -0.25) is 0 Å². The summed E-state index contributed by atoms with van der Waals surface area (Å²) in [5.74, 6) is 0.788. The summed E-state index contributed by atoms with van der Waals surface area (Å²) in [5.41, 5.74) is 1.69. The number of nitrogens with one attached hydrogen (secondary N) is 2. The molecule has 0 amide bonds. The molecule has 0 atom stereocenters. The zero-order valence-corrected chi connectivity index (χ0v) is 15.9. The van der Waals surface area contributed by atoms with Crippen molar-refractivity contribution in [1.82, 2.24) is 9.62 Å². The Bertz CT molecular complexity index is 834. The van der Waals surface area contributed by atoms with E-state index in [2.05, 4.69) is 10.6 Å². The third-order valence-corrected chi connectivity index (χ3v) is 5.60. The molecule has 0 saturated carbocycles. The number of thiocarbonyl (C=S) groups is 1. The van der Waals surface area contributed by atoms with E-state index in [9.17, 15) is 8.42 Å². The second-order valence-electron chi connectivity index (χ2n) is 5.43. The lowest BCUT2D eigenvalue weighted by atomic mass is 10.2. The number of ether oxygens (including phenoxy) is 1. The molecule has 0 heterocycles. The molecule has 8 heteroatoms. The van der Waals surface area contributed by atoms with Gasteiger partial charge in [-0.05, 0) is 42.5 Å². The van der Waals surface area contributed by atoms with E-state index < -0.39 is 10.0 Å². The molecule has 0 radical (unpaired) electrons. The van der Waals surface area contributed by atoms with Crippen LogP contribution in [0.5, 0.6) is 5.75 Å². The molecule has 0 aliphatic heterocycles. The van der Waals surface area contributed by atoms with Gasteiger partial charge in [0.2, 0.25) is 10.0 Å². The average Bonchev–Trinajstić information content (AvgIpc) is 2.60. The number of rotatable bonds is 6. The normalized spacial score (nSPS) is 11.2. The van der Waals surface area contributed by atoms with Crippen LogP contribution in [-0.2, 0) is 16.6 Å². The Morgan fingerprint density at radius 3 is 2.36 bits per heavy atom. The first-order valence-electron chi connectivity index (χ1n) is 7.54. The van der Waals surface area contributed by atoms with Gasteiger partial charge in [-0.2, -0.15) is 0 Å². The van der Waals surface area contributed by atoms with Gasteiger partial charge in [0.05, 0.1) is 12.0 Å². The summed E-state index contributed by atoms with van der Waals surface area (Å²) in [6, 6.07) is 14.1. The Kier molecular flexibility index (Phi) is 6.35. The van der Waals surface area contributed by atoms with Crippen molar-refractivity contribution < 1.29 is 13.2 Å². The van der Waals surface area contributed by atoms with Crippen LogP contribution in [0.1, 0.15) is 5.56 Å². The molecule has 134 valence electrons. The maximum absolute atomic E-state index is 12.0. The zero-order valence-electron chi connectivity index (χ0n) is 14.3. The average molecular weight is 380 g/mol. The van der Waals surface area contributed by atoms with Gasteiger partial charge in [-0.15, -0.1) is 0 Å². The summed E-state index contributed by atoms with van der Waals surface area (Å²) in [4.78, 5) is 0.232. The Labute approximate surface area is 153 Å². The van der Waals surface area contributed by atoms with Crippen molar-refractivity contribution in [2.75, 3.05) is 26.5 Å². The number of hydrogen-bond acceptors (Lipinski definition) is 4. The molecule has 2 aromatic carbocycles. The summed E-state index contributed by atoms with van der Waals surface area (Å²) >= 11 is 5.27. The Morgan fingerprint density at radius 1 is 1.12 bits per heavy atom. The van der Waals surface area contributed by atoms with Crippen molar-refractivity contribution in [2.45, 2.75) is 11.4 Å². The van der Waals surface area contributed by atoms with Gasteiger partial charge in [0.15, 0.2) is 5.11 Å².